The van der Waals surface area contributed by atoms with E-state index in [-0.39, 0.29) is 6.67 Å². The average Bonchev–Trinajstić information content (AvgIpc) is 2.59. The molecule has 1 aliphatic carbocycles. The van der Waals surface area contributed by atoms with E-state index >= 15 is 0 Å². The van der Waals surface area contributed by atoms with Gasteiger partial charge in [-0.1, -0.05) is 12.8 Å². The second-order valence-electron chi connectivity index (χ2n) is 3.53. The van der Waals surface area contributed by atoms with Gasteiger partial charge in [0.15, 0.2) is 0 Å². The van der Waals surface area contributed by atoms with Gasteiger partial charge >= 0.3 is 0 Å². The number of halogens is 1. The van der Waals surface area contributed by atoms with Crippen molar-refractivity contribution in [2.45, 2.75) is 31.7 Å². The smallest absolute Gasteiger partial charge is 0.102 e. The summed E-state index contributed by atoms with van der Waals surface area (Å²) < 4.78 is 11.9. The molecule has 0 aromatic carbocycles. The van der Waals surface area contributed by atoms with Crippen LogP contribution in [-0.2, 0) is 0 Å². The molecular formula is C9H19FN2. The summed E-state index contributed by atoms with van der Waals surface area (Å²) in [4.78, 5) is 0. The molecule has 1 saturated carbocycles. The van der Waals surface area contributed by atoms with Crippen LogP contribution in [0.1, 0.15) is 25.7 Å². The van der Waals surface area contributed by atoms with Crippen molar-refractivity contribution in [1.82, 2.24) is 5.32 Å². The Balaban J connectivity index is 2.22. The summed E-state index contributed by atoms with van der Waals surface area (Å²) in [6.45, 7) is 0.812. The summed E-state index contributed by atoms with van der Waals surface area (Å²) in [5.74, 6) is 0.696. The van der Waals surface area contributed by atoms with Crippen LogP contribution >= 0.6 is 0 Å². The lowest BCUT2D eigenvalue weighted by Crippen LogP contribution is -2.42. The van der Waals surface area contributed by atoms with Crippen LogP contribution in [0.2, 0.25) is 0 Å². The van der Waals surface area contributed by atoms with Gasteiger partial charge < -0.3 is 11.1 Å². The molecule has 0 spiro atoms. The van der Waals surface area contributed by atoms with Crippen LogP contribution in [0.4, 0.5) is 4.39 Å². The summed E-state index contributed by atoms with van der Waals surface area (Å²) in [5.41, 5.74) is 5.61. The Kier molecular flexibility index (Phi) is 4.54. The second-order valence-corrected chi connectivity index (χ2v) is 3.53. The minimum Gasteiger partial charge on any atom is -0.329 e. The molecule has 1 atom stereocenters. The minimum absolute atomic E-state index is 0.288. The third-order valence-corrected chi connectivity index (χ3v) is 2.72. The highest BCUT2D eigenvalue weighted by atomic mass is 19.1. The predicted molar refractivity (Wildman–Crippen MR) is 48.8 cm³/mol. The van der Waals surface area contributed by atoms with E-state index in [0.29, 0.717) is 25.0 Å². The van der Waals surface area contributed by atoms with Gasteiger partial charge in [-0.3, -0.25) is 0 Å². The van der Waals surface area contributed by atoms with Gasteiger partial charge in [0.2, 0.25) is 0 Å². The summed E-state index contributed by atoms with van der Waals surface area (Å²) >= 11 is 0. The standard InChI is InChI=1S/C9H19FN2/c10-5-6-12-9(7-11)8-3-1-2-4-8/h8-9,12H,1-7,11H2. The highest BCUT2D eigenvalue weighted by molar-refractivity contribution is 4.80. The summed E-state index contributed by atoms with van der Waals surface area (Å²) in [5, 5.41) is 3.16. The third-order valence-electron chi connectivity index (χ3n) is 2.72. The van der Waals surface area contributed by atoms with Crippen molar-refractivity contribution in [3.05, 3.63) is 0 Å². The van der Waals surface area contributed by atoms with Crippen molar-refractivity contribution in [3.8, 4) is 0 Å². The van der Waals surface area contributed by atoms with Crippen LogP contribution in [0.15, 0.2) is 0 Å². The van der Waals surface area contributed by atoms with E-state index in [4.69, 9.17) is 5.73 Å². The van der Waals surface area contributed by atoms with Crippen molar-refractivity contribution in [1.29, 1.82) is 0 Å². The predicted octanol–water partition coefficient (Wildman–Crippen LogP) is 1.06. The van der Waals surface area contributed by atoms with E-state index in [0.717, 1.165) is 0 Å². The lowest BCUT2D eigenvalue weighted by molar-refractivity contribution is 0.345. The Labute approximate surface area is 73.7 Å². The van der Waals surface area contributed by atoms with E-state index in [2.05, 4.69) is 5.32 Å². The van der Waals surface area contributed by atoms with Gasteiger partial charge in [0, 0.05) is 19.1 Å². The Bertz CT molecular complexity index is 113. The van der Waals surface area contributed by atoms with E-state index in [1.807, 2.05) is 0 Å². The largest absolute Gasteiger partial charge is 0.329 e. The number of nitrogens with two attached hydrogens (primary N) is 1. The molecule has 0 radical (unpaired) electrons. The zero-order valence-corrected chi connectivity index (χ0v) is 7.56. The molecule has 0 heterocycles. The number of rotatable bonds is 5. The molecule has 72 valence electrons. The number of nitrogens with one attached hydrogen (secondary N) is 1. The fourth-order valence-electron chi connectivity index (χ4n) is 2.04. The van der Waals surface area contributed by atoms with Gasteiger partial charge in [-0.15, -0.1) is 0 Å². The van der Waals surface area contributed by atoms with Crippen LogP contribution in [0.3, 0.4) is 0 Å². The maximum atomic E-state index is 11.9. The van der Waals surface area contributed by atoms with Crippen LogP contribution in [0.25, 0.3) is 0 Å². The molecule has 3 N–H and O–H groups in total. The number of hydrogen-bond acceptors (Lipinski definition) is 2. The van der Waals surface area contributed by atoms with Gasteiger partial charge in [-0.25, -0.2) is 4.39 Å². The van der Waals surface area contributed by atoms with E-state index in [9.17, 15) is 4.39 Å². The van der Waals surface area contributed by atoms with Gasteiger partial charge in [-0.05, 0) is 18.8 Å². The first kappa shape index (κ1) is 9.93. The van der Waals surface area contributed by atoms with Crippen molar-refractivity contribution in [2.75, 3.05) is 19.8 Å². The Hall–Kier alpha value is -0.150. The van der Waals surface area contributed by atoms with Gasteiger partial charge in [0.25, 0.3) is 0 Å². The van der Waals surface area contributed by atoms with Crippen molar-refractivity contribution < 1.29 is 4.39 Å². The molecule has 1 unspecified atom stereocenters. The van der Waals surface area contributed by atoms with E-state index in [1.165, 1.54) is 25.7 Å². The molecule has 2 nitrogen and oxygen atoms in total. The normalized spacial score (nSPS) is 21.5. The fourth-order valence-corrected chi connectivity index (χ4v) is 2.04. The number of hydrogen-bond donors (Lipinski definition) is 2. The molecule has 3 heteroatoms. The van der Waals surface area contributed by atoms with E-state index in [1.54, 1.807) is 0 Å². The van der Waals surface area contributed by atoms with Crippen LogP contribution in [0.5, 0.6) is 0 Å². The van der Waals surface area contributed by atoms with Crippen molar-refractivity contribution in [3.63, 3.8) is 0 Å². The second kappa shape index (κ2) is 5.49. The van der Waals surface area contributed by atoms with Crippen LogP contribution in [0, 0.1) is 5.92 Å². The minimum atomic E-state index is -0.288. The fraction of sp³-hybridized carbons (Fsp3) is 1.00. The van der Waals surface area contributed by atoms with Gasteiger partial charge in [0.05, 0.1) is 0 Å². The topological polar surface area (TPSA) is 38.0 Å². The first-order valence-electron chi connectivity index (χ1n) is 4.88. The Morgan fingerprint density at radius 2 is 2.08 bits per heavy atom. The maximum Gasteiger partial charge on any atom is 0.102 e. The first-order chi connectivity index (χ1) is 5.88. The zero-order chi connectivity index (χ0) is 8.81. The molecule has 0 amide bonds. The lowest BCUT2D eigenvalue weighted by atomic mass is 9.98. The van der Waals surface area contributed by atoms with E-state index < -0.39 is 0 Å². The summed E-state index contributed by atoms with van der Waals surface area (Å²) in [7, 11) is 0. The van der Waals surface area contributed by atoms with Crippen molar-refractivity contribution in [2.24, 2.45) is 11.7 Å². The lowest BCUT2D eigenvalue weighted by Gasteiger charge is -2.22. The molecular weight excluding hydrogens is 155 g/mol. The number of alkyl halides is 1. The van der Waals surface area contributed by atoms with Crippen molar-refractivity contribution >= 4 is 0 Å². The maximum absolute atomic E-state index is 11.9. The molecule has 0 aromatic heterocycles. The van der Waals surface area contributed by atoms with Gasteiger partial charge in [-0.2, -0.15) is 0 Å². The highest BCUT2D eigenvalue weighted by Crippen LogP contribution is 2.27. The first-order valence-corrected chi connectivity index (χ1v) is 4.88. The monoisotopic (exact) mass is 174 g/mol. The summed E-state index contributed by atoms with van der Waals surface area (Å²) in [6, 6.07) is 0.350. The molecule has 0 aromatic rings. The van der Waals surface area contributed by atoms with Crippen LogP contribution < -0.4 is 11.1 Å². The molecule has 0 saturated heterocycles. The van der Waals surface area contributed by atoms with Gasteiger partial charge in [0.1, 0.15) is 6.67 Å². The van der Waals surface area contributed by atoms with Crippen LogP contribution in [-0.4, -0.2) is 25.8 Å². The Morgan fingerprint density at radius 3 is 2.58 bits per heavy atom. The molecule has 1 rings (SSSR count). The average molecular weight is 174 g/mol. The molecule has 1 aliphatic rings. The highest BCUT2D eigenvalue weighted by Gasteiger charge is 2.22. The Morgan fingerprint density at radius 1 is 1.42 bits per heavy atom. The third kappa shape index (κ3) is 2.72. The molecule has 12 heavy (non-hydrogen) atoms. The summed E-state index contributed by atoms with van der Waals surface area (Å²) in [6.07, 6.45) is 5.17. The molecule has 1 fully saturated rings. The SMILES string of the molecule is NCC(NCCF)C1CCCC1. The quantitative estimate of drug-likeness (QED) is 0.654. The molecule has 0 bridgehead atoms. The zero-order valence-electron chi connectivity index (χ0n) is 7.56. The molecule has 0 aliphatic heterocycles.